The fourth-order valence-corrected chi connectivity index (χ4v) is 2.92. The smallest absolute Gasteiger partial charge is 0.353 e. The molecule has 0 aliphatic heterocycles. The second-order valence-corrected chi connectivity index (χ2v) is 6.00. The summed E-state index contributed by atoms with van der Waals surface area (Å²) < 4.78 is 0. The van der Waals surface area contributed by atoms with Gasteiger partial charge in [-0.3, -0.25) is 0 Å². The number of urea groups is 1. The number of rotatable bonds is 5. The Morgan fingerprint density at radius 3 is 2.76 bits per heavy atom. The molecule has 7 nitrogen and oxygen atoms in total. The van der Waals surface area contributed by atoms with Crippen LogP contribution in [-0.2, 0) is 5.54 Å². The molecule has 1 aromatic heterocycles. The Labute approximate surface area is 122 Å². The normalized spacial score (nSPS) is 25.8. The summed E-state index contributed by atoms with van der Waals surface area (Å²) in [6.45, 7) is 2.12. The zero-order valence-electron chi connectivity index (χ0n) is 12.0. The Morgan fingerprint density at radius 1 is 1.52 bits per heavy atom. The highest BCUT2D eigenvalue weighted by Gasteiger charge is 2.44. The molecule has 2 amide bonds. The van der Waals surface area contributed by atoms with Crippen molar-refractivity contribution in [3.8, 4) is 0 Å². The summed E-state index contributed by atoms with van der Waals surface area (Å²) in [4.78, 5) is 29.9. The number of nitrogens with one attached hydrogen (secondary N) is 3. The molecule has 2 atom stereocenters. The number of carboxylic acid groups (broad SMARTS) is 1. The van der Waals surface area contributed by atoms with Crippen molar-refractivity contribution in [2.75, 3.05) is 0 Å². The average molecular weight is 292 g/mol. The van der Waals surface area contributed by atoms with Gasteiger partial charge in [0.15, 0.2) is 0 Å². The standard InChI is InChI=1S/C14H20N4O3/c1-2-8-6-9(8)17-13(21)18-14(4-3-5-14)12-15-7-10(16-12)11(19)20/h7-9H,2-6H2,1H3,(H,15,16)(H,19,20)(H2,17,18,21). The van der Waals surface area contributed by atoms with Gasteiger partial charge in [-0.25, -0.2) is 14.6 Å². The van der Waals surface area contributed by atoms with Gasteiger partial charge < -0.3 is 20.7 Å². The zero-order chi connectivity index (χ0) is 15.0. The van der Waals surface area contributed by atoms with Crippen molar-refractivity contribution in [3.63, 3.8) is 0 Å². The number of hydrogen-bond donors (Lipinski definition) is 4. The predicted molar refractivity (Wildman–Crippen MR) is 74.9 cm³/mol. The van der Waals surface area contributed by atoms with Crippen molar-refractivity contribution in [1.82, 2.24) is 20.6 Å². The van der Waals surface area contributed by atoms with Crippen LogP contribution >= 0.6 is 0 Å². The van der Waals surface area contributed by atoms with Crippen LogP contribution in [0.2, 0.25) is 0 Å². The van der Waals surface area contributed by atoms with Crippen LogP contribution in [0, 0.1) is 5.92 Å². The molecule has 2 saturated carbocycles. The SMILES string of the molecule is CCC1CC1NC(=O)NC1(c2ncc(C(=O)O)[nH]2)CCC1. The summed E-state index contributed by atoms with van der Waals surface area (Å²) in [5.41, 5.74) is -0.499. The van der Waals surface area contributed by atoms with E-state index >= 15 is 0 Å². The lowest BCUT2D eigenvalue weighted by molar-refractivity contribution is 0.0690. The van der Waals surface area contributed by atoms with Gasteiger partial charge in [0.05, 0.1) is 11.7 Å². The highest BCUT2D eigenvalue weighted by atomic mass is 16.4. The number of aromatic carboxylic acids is 1. The molecule has 1 aromatic rings. The van der Waals surface area contributed by atoms with Crippen LogP contribution in [0.3, 0.4) is 0 Å². The van der Waals surface area contributed by atoms with Crippen LogP contribution in [0.5, 0.6) is 0 Å². The van der Waals surface area contributed by atoms with Crippen molar-refractivity contribution in [1.29, 1.82) is 0 Å². The number of aromatic amines is 1. The van der Waals surface area contributed by atoms with E-state index < -0.39 is 11.5 Å². The topological polar surface area (TPSA) is 107 Å². The van der Waals surface area contributed by atoms with Crippen LogP contribution in [0.1, 0.15) is 55.3 Å². The van der Waals surface area contributed by atoms with Crippen molar-refractivity contribution in [2.24, 2.45) is 5.92 Å². The van der Waals surface area contributed by atoms with E-state index in [-0.39, 0.29) is 17.8 Å². The van der Waals surface area contributed by atoms with E-state index in [4.69, 9.17) is 5.11 Å². The molecule has 0 bridgehead atoms. The minimum absolute atomic E-state index is 0.0479. The molecule has 1 heterocycles. The number of hydrogen-bond acceptors (Lipinski definition) is 3. The van der Waals surface area contributed by atoms with Crippen molar-refractivity contribution in [2.45, 2.75) is 50.6 Å². The number of carboxylic acids is 1. The number of aromatic nitrogens is 2. The first-order valence-corrected chi connectivity index (χ1v) is 7.41. The molecule has 0 spiro atoms. The van der Waals surface area contributed by atoms with Gasteiger partial charge >= 0.3 is 12.0 Å². The number of imidazole rings is 1. The Bertz CT molecular complexity index is 564. The van der Waals surface area contributed by atoms with Crippen LogP contribution in [-0.4, -0.2) is 33.1 Å². The molecule has 0 radical (unpaired) electrons. The molecule has 3 rings (SSSR count). The molecule has 114 valence electrons. The molecule has 0 saturated heterocycles. The number of H-pyrrole nitrogens is 1. The lowest BCUT2D eigenvalue weighted by atomic mass is 9.76. The van der Waals surface area contributed by atoms with Crippen molar-refractivity contribution < 1.29 is 14.7 Å². The van der Waals surface area contributed by atoms with E-state index in [1.807, 2.05) is 0 Å². The maximum Gasteiger partial charge on any atom is 0.353 e. The van der Waals surface area contributed by atoms with Gasteiger partial charge in [-0.1, -0.05) is 13.3 Å². The van der Waals surface area contributed by atoms with Gasteiger partial charge in [-0.05, 0) is 31.6 Å². The Hall–Kier alpha value is -2.05. The van der Waals surface area contributed by atoms with E-state index in [0.29, 0.717) is 11.7 Å². The maximum atomic E-state index is 12.1. The zero-order valence-corrected chi connectivity index (χ0v) is 12.0. The third-order valence-corrected chi connectivity index (χ3v) is 4.58. The summed E-state index contributed by atoms with van der Waals surface area (Å²) >= 11 is 0. The van der Waals surface area contributed by atoms with E-state index in [1.54, 1.807) is 0 Å². The van der Waals surface area contributed by atoms with Gasteiger partial charge in [-0.2, -0.15) is 0 Å². The molecule has 2 aliphatic carbocycles. The van der Waals surface area contributed by atoms with Crippen molar-refractivity contribution >= 4 is 12.0 Å². The second kappa shape index (κ2) is 5.05. The van der Waals surface area contributed by atoms with Gasteiger partial charge in [-0.15, -0.1) is 0 Å². The fourth-order valence-electron chi connectivity index (χ4n) is 2.92. The summed E-state index contributed by atoms with van der Waals surface area (Å²) in [6, 6.07) is 0.0854. The van der Waals surface area contributed by atoms with Crippen LogP contribution in [0.15, 0.2) is 6.20 Å². The third kappa shape index (κ3) is 2.59. The van der Waals surface area contributed by atoms with Crippen molar-refractivity contribution in [3.05, 3.63) is 17.7 Å². The summed E-state index contributed by atoms with van der Waals surface area (Å²) in [6.07, 6.45) is 5.95. The van der Waals surface area contributed by atoms with E-state index in [0.717, 1.165) is 32.1 Å². The van der Waals surface area contributed by atoms with E-state index in [9.17, 15) is 9.59 Å². The van der Waals surface area contributed by atoms with Gasteiger partial charge in [0.1, 0.15) is 11.5 Å². The summed E-state index contributed by atoms with van der Waals surface area (Å²) in [7, 11) is 0. The minimum atomic E-state index is -1.04. The number of nitrogens with zero attached hydrogens (tertiary/aromatic N) is 1. The molecule has 2 unspecified atom stereocenters. The Morgan fingerprint density at radius 2 is 2.29 bits per heavy atom. The molecule has 4 N–H and O–H groups in total. The quantitative estimate of drug-likeness (QED) is 0.661. The van der Waals surface area contributed by atoms with Gasteiger partial charge in [0.2, 0.25) is 0 Å². The van der Waals surface area contributed by atoms with Crippen LogP contribution in [0.25, 0.3) is 0 Å². The van der Waals surface area contributed by atoms with E-state index in [2.05, 4.69) is 27.5 Å². The molecular weight excluding hydrogens is 272 g/mol. The molecular formula is C14H20N4O3. The first kappa shape index (κ1) is 13.9. The van der Waals surface area contributed by atoms with Gasteiger partial charge in [0.25, 0.3) is 0 Å². The average Bonchev–Trinajstić information content (AvgIpc) is 2.95. The van der Waals surface area contributed by atoms with E-state index in [1.165, 1.54) is 6.20 Å². The number of carbonyl (C=O) groups excluding carboxylic acids is 1. The third-order valence-electron chi connectivity index (χ3n) is 4.58. The van der Waals surface area contributed by atoms with Gasteiger partial charge in [0, 0.05) is 6.04 Å². The molecule has 0 aromatic carbocycles. The molecule has 2 aliphatic rings. The largest absolute Gasteiger partial charge is 0.477 e. The Kier molecular flexibility index (Phi) is 3.35. The highest BCUT2D eigenvalue weighted by molar-refractivity contribution is 5.85. The summed E-state index contributed by atoms with van der Waals surface area (Å²) in [5, 5.41) is 14.9. The van der Waals surface area contributed by atoms with Crippen LogP contribution in [0.4, 0.5) is 4.79 Å². The molecule has 2 fully saturated rings. The fraction of sp³-hybridized carbons (Fsp3) is 0.643. The predicted octanol–water partition coefficient (Wildman–Crippen LogP) is 1.58. The lowest BCUT2D eigenvalue weighted by Crippen LogP contribution is -2.55. The lowest BCUT2D eigenvalue weighted by Gasteiger charge is -2.40. The number of carbonyl (C=O) groups is 2. The maximum absolute atomic E-state index is 12.1. The Balaban J connectivity index is 1.65. The molecule has 7 heteroatoms. The van der Waals surface area contributed by atoms with Crippen LogP contribution < -0.4 is 10.6 Å². The monoisotopic (exact) mass is 292 g/mol. The summed E-state index contributed by atoms with van der Waals surface area (Å²) in [5.74, 6) is 0.0795. The first-order valence-electron chi connectivity index (χ1n) is 7.41. The minimum Gasteiger partial charge on any atom is -0.477 e. The molecule has 21 heavy (non-hydrogen) atoms. The number of amides is 2. The second-order valence-electron chi connectivity index (χ2n) is 6.00. The first-order chi connectivity index (χ1) is 10.0. The highest BCUT2D eigenvalue weighted by Crippen LogP contribution is 2.40.